The van der Waals surface area contributed by atoms with Gasteiger partial charge in [-0.25, -0.2) is 0 Å². The van der Waals surface area contributed by atoms with E-state index in [1.807, 2.05) is 0 Å². The Bertz CT molecular complexity index is 567. The van der Waals surface area contributed by atoms with Gasteiger partial charge in [0, 0.05) is 17.9 Å². The zero-order valence-electron chi connectivity index (χ0n) is 14.0. The molecular formula is C19H28N2. The number of rotatable bonds is 6. The molecule has 2 nitrogen and oxygen atoms in total. The lowest BCUT2D eigenvalue weighted by molar-refractivity contribution is 0.548. The molecule has 0 unspecified atom stereocenters. The summed E-state index contributed by atoms with van der Waals surface area (Å²) in [4.78, 5) is 0. The van der Waals surface area contributed by atoms with E-state index in [2.05, 4.69) is 80.9 Å². The Morgan fingerprint density at radius 3 is 2.33 bits per heavy atom. The Morgan fingerprint density at radius 1 is 1.05 bits per heavy atom. The van der Waals surface area contributed by atoms with Crippen molar-refractivity contribution in [2.75, 3.05) is 6.54 Å². The van der Waals surface area contributed by atoms with Crippen LogP contribution in [0.25, 0.3) is 0 Å². The molecule has 2 aromatic rings. The first-order valence-corrected chi connectivity index (χ1v) is 7.93. The van der Waals surface area contributed by atoms with E-state index in [-0.39, 0.29) is 0 Å². The average Bonchev–Trinajstić information content (AvgIpc) is 2.73. The highest BCUT2D eigenvalue weighted by molar-refractivity contribution is 5.30. The lowest BCUT2D eigenvalue weighted by Crippen LogP contribution is -2.19. The minimum atomic E-state index is 0.380. The summed E-state index contributed by atoms with van der Waals surface area (Å²) in [6.07, 6.45) is 0. The van der Waals surface area contributed by atoms with Gasteiger partial charge in [-0.2, -0.15) is 0 Å². The second-order valence-corrected chi connectivity index (χ2v) is 6.38. The summed E-state index contributed by atoms with van der Waals surface area (Å²) < 4.78 is 2.45. The van der Waals surface area contributed by atoms with Crippen molar-refractivity contribution in [2.24, 2.45) is 5.92 Å². The predicted molar refractivity (Wildman–Crippen MR) is 90.7 cm³/mol. The second-order valence-electron chi connectivity index (χ2n) is 6.38. The van der Waals surface area contributed by atoms with Gasteiger partial charge in [-0.1, -0.05) is 44.2 Å². The molecule has 2 rings (SSSR count). The molecule has 2 heteroatoms. The van der Waals surface area contributed by atoms with Crippen molar-refractivity contribution in [2.45, 2.75) is 47.2 Å². The van der Waals surface area contributed by atoms with Crippen LogP contribution in [0.3, 0.4) is 0 Å². The first-order chi connectivity index (χ1) is 10.0. The first kappa shape index (κ1) is 15.8. The largest absolute Gasteiger partial charge is 0.342 e. The van der Waals surface area contributed by atoms with E-state index in [1.54, 1.807) is 0 Å². The van der Waals surface area contributed by atoms with Crippen molar-refractivity contribution in [3.63, 3.8) is 0 Å². The molecule has 1 aromatic heterocycles. The van der Waals surface area contributed by atoms with Gasteiger partial charge in [0.15, 0.2) is 0 Å². The van der Waals surface area contributed by atoms with Crippen molar-refractivity contribution < 1.29 is 0 Å². The van der Waals surface area contributed by atoms with Gasteiger partial charge < -0.3 is 9.88 Å². The molecule has 1 aromatic carbocycles. The number of aromatic nitrogens is 1. The number of benzene rings is 1. The molecule has 0 aliphatic heterocycles. The van der Waals surface area contributed by atoms with Gasteiger partial charge in [0.25, 0.3) is 0 Å². The van der Waals surface area contributed by atoms with Crippen molar-refractivity contribution in [3.8, 4) is 0 Å². The lowest BCUT2D eigenvalue weighted by atomic mass is 10.1. The molecule has 1 atom stereocenters. The van der Waals surface area contributed by atoms with E-state index in [0.717, 1.165) is 13.1 Å². The predicted octanol–water partition coefficient (Wildman–Crippen LogP) is 4.46. The minimum Gasteiger partial charge on any atom is -0.342 e. The summed E-state index contributed by atoms with van der Waals surface area (Å²) in [7, 11) is 0. The highest BCUT2D eigenvalue weighted by Crippen LogP contribution is 2.25. The Balaban J connectivity index is 2.19. The van der Waals surface area contributed by atoms with Gasteiger partial charge in [-0.3, -0.25) is 0 Å². The van der Waals surface area contributed by atoms with Crippen LogP contribution >= 0.6 is 0 Å². The summed E-state index contributed by atoms with van der Waals surface area (Å²) in [6, 6.07) is 13.4. The highest BCUT2D eigenvalue weighted by Gasteiger charge is 2.15. The monoisotopic (exact) mass is 284 g/mol. The van der Waals surface area contributed by atoms with Crippen LogP contribution in [0.1, 0.15) is 49.3 Å². The van der Waals surface area contributed by atoms with Gasteiger partial charge in [0.2, 0.25) is 0 Å². The zero-order chi connectivity index (χ0) is 15.4. The maximum Gasteiger partial charge on any atom is 0.0556 e. The van der Waals surface area contributed by atoms with Crippen LogP contribution in [-0.4, -0.2) is 11.1 Å². The third-order valence-corrected chi connectivity index (χ3v) is 4.13. The van der Waals surface area contributed by atoms with Crippen molar-refractivity contribution >= 4 is 0 Å². The molecule has 0 fully saturated rings. The third kappa shape index (κ3) is 3.76. The Kier molecular flexibility index (Phi) is 5.24. The fourth-order valence-corrected chi connectivity index (χ4v) is 3.00. The maximum absolute atomic E-state index is 3.55. The smallest absolute Gasteiger partial charge is 0.0556 e. The first-order valence-electron chi connectivity index (χ1n) is 7.93. The summed E-state index contributed by atoms with van der Waals surface area (Å²) >= 11 is 0. The molecule has 0 saturated carbocycles. The number of hydrogen-bond acceptors (Lipinski definition) is 1. The Morgan fingerprint density at radius 2 is 1.71 bits per heavy atom. The summed E-state index contributed by atoms with van der Waals surface area (Å²) in [5.41, 5.74) is 5.49. The number of nitrogens with one attached hydrogen (secondary N) is 1. The van der Waals surface area contributed by atoms with Gasteiger partial charge >= 0.3 is 0 Å². The number of nitrogens with zero attached hydrogens (tertiary/aromatic N) is 1. The second kappa shape index (κ2) is 6.95. The minimum absolute atomic E-state index is 0.380. The van der Waals surface area contributed by atoms with Crippen LogP contribution in [0, 0.1) is 19.8 Å². The molecular weight excluding hydrogens is 256 g/mol. The number of aryl methyl sites for hydroxylation is 1. The van der Waals surface area contributed by atoms with Crippen LogP contribution in [0.4, 0.5) is 0 Å². The van der Waals surface area contributed by atoms with Crippen LogP contribution in [-0.2, 0) is 6.54 Å². The van der Waals surface area contributed by atoms with Crippen molar-refractivity contribution in [1.29, 1.82) is 0 Å². The molecule has 114 valence electrons. The van der Waals surface area contributed by atoms with E-state index >= 15 is 0 Å². The Hall–Kier alpha value is -1.54. The zero-order valence-corrected chi connectivity index (χ0v) is 14.0. The highest BCUT2D eigenvalue weighted by atomic mass is 15.0. The van der Waals surface area contributed by atoms with E-state index < -0.39 is 0 Å². The molecule has 0 bridgehead atoms. The van der Waals surface area contributed by atoms with Gasteiger partial charge in [-0.05, 0) is 50.4 Å². The number of hydrogen-bond donors (Lipinski definition) is 1. The van der Waals surface area contributed by atoms with Crippen LogP contribution in [0.2, 0.25) is 0 Å². The maximum atomic E-state index is 3.55. The summed E-state index contributed by atoms with van der Waals surface area (Å²) in [5.74, 6) is 0.691. The molecule has 1 heterocycles. The van der Waals surface area contributed by atoms with Crippen LogP contribution in [0.5, 0.6) is 0 Å². The molecule has 0 aliphatic rings. The Labute approximate surface area is 129 Å². The van der Waals surface area contributed by atoms with E-state index in [0.29, 0.717) is 12.0 Å². The topological polar surface area (TPSA) is 17.0 Å². The van der Waals surface area contributed by atoms with Gasteiger partial charge in [0.05, 0.1) is 6.04 Å². The lowest BCUT2D eigenvalue weighted by Gasteiger charge is -2.19. The summed E-state index contributed by atoms with van der Waals surface area (Å²) in [5, 5.41) is 3.55. The summed E-state index contributed by atoms with van der Waals surface area (Å²) in [6.45, 7) is 13.2. The molecule has 0 aliphatic carbocycles. The fraction of sp³-hybridized carbons (Fsp3) is 0.474. The average molecular weight is 284 g/mol. The van der Waals surface area contributed by atoms with Gasteiger partial charge in [-0.15, -0.1) is 0 Å². The molecule has 0 spiro atoms. The SMILES string of the molecule is Cc1cc(CNCC(C)C)c(C)n1[C@H](C)c1ccccc1. The van der Waals surface area contributed by atoms with Gasteiger partial charge in [0.1, 0.15) is 0 Å². The molecule has 0 amide bonds. The molecule has 0 saturated heterocycles. The molecule has 1 N–H and O–H groups in total. The van der Waals surface area contributed by atoms with E-state index in [1.165, 1.54) is 22.5 Å². The quantitative estimate of drug-likeness (QED) is 0.828. The molecule has 0 radical (unpaired) electrons. The third-order valence-electron chi connectivity index (χ3n) is 4.13. The normalized spacial score (nSPS) is 12.9. The van der Waals surface area contributed by atoms with E-state index in [9.17, 15) is 0 Å². The van der Waals surface area contributed by atoms with Crippen molar-refractivity contribution in [3.05, 3.63) is 58.9 Å². The fourth-order valence-electron chi connectivity index (χ4n) is 3.00. The van der Waals surface area contributed by atoms with E-state index in [4.69, 9.17) is 0 Å². The van der Waals surface area contributed by atoms with Crippen LogP contribution < -0.4 is 5.32 Å². The van der Waals surface area contributed by atoms with Crippen LogP contribution in [0.15, 0.2) is 36.4 Å². The molecule has 21 heavy (non-hydrogen) atoms. The standard InChI is InChI=1S/C19H28N2/c1-14(2)12-20-13-19-11-15(3)21(17(19)5)16(4)18-9-7-6-8-10-18/h6-11,14,16,20H,12-13H2,1-5H3/t16-/m1/s1. The van der Waals surface area contributed by atoms with Crippen molar-refractivity contribution in [1.82, 2.24) is 9.88 Å².